The van der Waals surface area contributed by atoms with Crippen molar-refractivity contribution >= 4 is 6.03 Å². The minimum absolute atomic E-state index is 0.0653. The molecule has 0 aliphatic heterocycles. The van der Waals surface area contributed by atoms with Crippen molar-refractivity contribution in [3.63, 3.8) is 0 Å². The molecular weight excluding hydrogens is 262 g/mol. The van der Waals surface area contributed by atoms with Gasteiger partial charge in [-0.3, -0.25) is 0 Å². The van der Waals surface area contributed by atoms with Gasteiger partial charge in [-0.15, -0.1) is 0 Å². The summed E-state index contributed by atoms with van der Waals surface area (Å²) in [5.74, 6) is -1.08. The number of carbonyl (C=O) groups is 1. The Balaban J connectivity index is 1.82. The fourth-order valence-electron chi connectivity index (χ4n) is 1.69. The van der Waals surface area contributed by atoms with Gasteiger partial charge in [0.1, 0.15) is 11.6 Å². The zero-order chi connectivity index (χ0) is 14.4. The van der Waals surface area contributed by atoms with Gasteiger partial charge in [0, 0.05) is 18.7 Å². The maximum Gasteiger partial charge on any atom is 0.315 e. The molecule has 0 fully saturated rings. The average molecular weight is 276 g/mol. The third-order valence-electron chi connectivity index (χ3n) is 2.74. The molecule has 0 aliphatic carbocycles. The normalized spacial score (nSPS) is 10.1. The first-order chi connectivity index (χ1) is 9.65. The quantitative estimate of drug-likeness (QED) is 0.885. The first-order valence-corrected chi connectivity index (χ1v) is 6.15. The number of amides is 2. The third-order valence-corrected chi connectivity index (χ3v) is 2.74. The fourth-order valence-corrected chi connectivity index (χ4v) is 1.69. The standard InChI is InChI=1S/C15H14F2N2O/c16-13-6-7-14(17)12(8-13)10-19-15(20)18-9-11-4-2-1-3-5-11/h1-8H,9-10H2,(H2,18,19,20). The molecule has 2 rings (SSSR count). The minimum atomic E-state index is -0.547. The molecule has 0 saturated heterocycles. The van der Waals surface area contributed by atoms with Crippen LogP contribution in [0.25, 0.3) is 0 Å². The number of nitrogens with one attached hydrogen (secondary N) is 2. The number of hydrogen-bond donors (Lipinski definition) is 2. The summed E-state index contributed by atoms with van der Waals surface area (Å²) in [4.78, 5) is 11.5. The first-order valence-electron chi connectivity index (χ1n) is 6.15. The van der Waals surface area contributed by atoms with Gasteiger partial charge in [0.25, 0.3) is 0 Å². The van der Waals surface area contributed by atoms with Gasteiger partial charge in [-0.05, 0) is 23.8 Å². The molecule has 0 atom stereocenters. The van der Waals surface area contributed by atoms with Crippen LogP contribution in [0.15, 0.2) is 48.5 Å². The van der Waals surface area contributed by atoms with Gasteiger partial charge in [0.05, 0.1) is 0 Å². The van der Waals surface area contributed by atoms with Crippen LogP contribution in [0.2, 0.25) is 0 Å². The number of urea groups is 1. The van der Waals surface area contributed by atoms with Crippen molar-refractivity contribution in [2.24, 2.45) is 0 Å². The summed E-state index contributed by atoms with van der Waals surface area (Å²) < 4.78 is 26.3. The molecule has 0 unspecified atom stereocenters. The lowest BCUT2D eigenvalue weighted by atomic mass is 10.2. The highest BCUT2D eigenvalue weighted by molar-refractivity contribution is 5.73. The fraction of sp³-hybridized carbons (Fsp3) is 0.133. The Kier molecular flexibility index (Phi) is 4.65. The van der Waals surface area contributed by atoms with E-state index in [0.29, 0.717) is 6.54 Å². The Hall–Kier alpha value is -2.43. The monoisotopic (exact) mass is 276 g/mol. The van der Waals surface area contributed by atoms with Gasteiger partial charge in [-0.1, -0.05) is 30.3 Å². The topological polar surface area (TPSA) is 41.1 Å². The summed E-state index contributed by atoms with van der Waals surface area (Å²) in [6, 6.07) is 12.1. The molecule has 0 bridgehead atoms. The molecule has 5 heteroatoms. The molecule has 0 heterocycles. The van der Waals surface area contributed by atoms with E-state index in [-0.39, 0.29) is 12.1 Å². The number of carbonyl (C=O) groups excluding carboxylic acids is 1. The summed E-state index contributed by atoms with van der Waals surface area (Å²) >= 11 is 0. The predicted molar refractivity (Wildman–Crippen MR) is 71.9 cm³/mol. The van der Waals surface area contributed by atoms with Gasteiger partial charge < -0.3 is 10.6 Å². The van der Waals surface area contributed by atoms with E-state index >= 15 is 0 Å². The van der Waals surface area contributed by atoms with Crippen molar-refractivity contribution in [3.8, 4) is 0 Å². The van der Waals surface area contributed by atoms with E-state index in [0.717, 1.165) is 23.8 Å². The summed E-state index contributed by atoms with van der Waals surface area (Å²) in [6.07, 6.45) is 0. The number of benzene rings is 2. The molecule has 0 radical (unpaired) electrons. The first kappa shape index (κ1) is 14.0. The van der Waals surface area contributed by atoms with Crippen molar-refractivity contribution in [2.45, 2.75) is 13.1 Å². The average Bonchev–Trinajstić information content (AvgIpc) is 2.47. The van der Waals surface area contributed by atoms with Crippen molar-refractivity contribution in [1.82, 2.24) is 10.6 Å². The maximum absolute atomic E-state index is 13.3. The lowest BCUT2D eigenvalue weighted by Crippen LogP contribution is -2.34. The van der Waals surface area contributed by atoms with Crippen LogP contribution in [0.4, 0.5) is 13.6 Å². The molecule has 2 aromatic carbocycles. The zero-order valence-electron chi connectivity index (χ0n) is 10.7. The van der Waals surface area contributed by atoms with Gasteiger partial charge in [-0.25, -0.2) is 13.6 Å². The molecule has 20 heavy (non-hydrogen) atoms. The lowest BCUT2D eigenvalue weighted by molar-refractivity contribution is 0.240. The van der Waals surface area contributed by atoms with E-state index in [4.69, 9.17) is 0 Å². The largest absolute Gasteiger partial charge is 0.334 e. The predicted octanol–water partition coefficient (Wildman–Crippen LogP) is 2.96. The van der Waals surface area contributed by atoms with E-state index in [1.165, 1.54) is 0 Å². The van der Waals surface area contributed by atoms with E-state index in [1.54, 1.807) is 0 Å². The molecular formula is C15H14F2N2O. The molecule has 2 amide bonds. The van der Waals surface area contributed by atoms with Crippen LogP contribution in [0.3, 0.4) is 0 Å². The summed E-state index contributed by atoms with van der Waals surface area (Å²) in [5, 5.41) is 5.12. The Labute approximate surface area is 115 Å². The molecule has 0 aliphatic rings. The van der Waals surface area contributed by atoms with Crippen LogP contribution in [-0.2, 0) is 13.1 Å². The van der Waals surface area contributed by atoms with Crippen LogP contribution in [-0.4, -0.2) is 6.03 Å². The van der Waals surface area contributed by atoms with Crippen LogP contribution < -0.4 is 10.6 Å². The lowest BCUT2D eigenvalue weighted by Gasteiger charge is -2.08. The van der Waals surface area contributed by atoms with Crippen molar-refractivity contribution in [3.05, 3.63) is 71.3 Å². The van der Waals surface area contributed by atoms with E-state index in [1.807, 2.05) is 30.3 Å². The van der Waals surface area contributed by atoms with Gasteiger partial charge in [-0.2, -0.15) is 0 Å². The number of rotatable bonds is 4. The van der Waals surface area contributed by atoms with Gasteiger partial charge in [0.15, 0.2) is 0 Å². The Morgan fingerprint density at radius 1 is 0.950 bits per heavy atom. The Morgan fingerprint density at radius 2 is 1.65 bits per heavy atom. The van der Waals surface area contributed by atoms with Crippen LogP contribution in [0.5, 0.6) is 0 Å². The molecule has 3 nitrogen and oxygen atoms in total. The van der Waals surface area contributed by atoms with Crippen LogP contribution in [0, 0.1) is 11.6 Å². The van der Waals surface area contributed by atoms with Crippen LogP contribution in [0.1, 0.15) is 11.1 Å². The summed E-state index contributed by atoms with van der Waals surface area (Å²) in [6.45, 7) is 0.308. The van der Waals surface area contributed by atoms with Crippen molar-refractivity contribution < 1.29 is 13.6 Å². The highest BCUT2D eigenvalue weighted by atomic mass is 19.1. The molecule has 104 valence electrons. The Morgan fingerprint density at radius 3 is 2.40 bits per heavy atom. The highest BCUT2D eigenvalue weighted by Crippen LogP contribution is 2.09. The number of hydrogen-bond acceptors (Lipinski definition) is 1. The zero-order valence-corrected chi connectivity index (χ0v) is 10.7. The van der Waals surface area contributed by atoms with Gasteiger partial charge >= 0.3 is 6.03 Å². The minimum Gasteiger partial charge on any atom is -0.334 e. The molecule has 2 N–H and O–H groups in total. The van der Waals surface area contributed by atoms with Gasteiger partial charge in [0.2, 0.25) is 0 Å². The summed E-state index contributed by atoms with van der Waals surface area (Å²) in [7, 11) is 0. The molecule has 2 aromatic rings. The second kappa shape index (κ2) is 6.65. The third kappa shape index (κ3) is 4.05. The number of halogens is 2. The second-order valence-electron chi connectivity index (χ2n) is 4.26. The van der Waals surface area contributed by atoms with E-state index in [2.05, 4.69) is 10.6 Å². The second-order valence-corrected chi connectivity index (χ2v) is 4.26. The smallest absolute Gasteiger partial charge is 0.315 e. The SMILES string of the molecule is O=C(NCc1ccccc1)NCc1cc(F)ccc1F. The van der Waals surface area contributed by atoms with E-state index < -0.39 is 17.7 Å². The molecule has 0 saturated carbocycles. The molecule has 0 aromatic heterocycles. The molecule has 0 spiro atoms. The van der Waals surface area contributed by atoms with Crippen LogP contribution >= 0.6 is 0 Å². The maximum atomic E-state index is 13.3. The highest BCUT2D eigenvalue weighted by Gasteiger charge is 2.06. The van der Waals surface area contributed by atoms with Crippen molar-refractivity contribution in [1.29, 1.82) is 0 Å². The summed E-state index contributed by atoms with van der Waals surface area (Å²) in [5.41, 5.74) is 1.07. The van der Waals surface area contributed by atoms with E-state index in [9.17, 15) is 13.6 Å². The Bertz CT molecular complexity index is 588. The van der Waals surface area contributed by atoms with Crippen molar-refractivity contribution in [2.75, 3.05) is 0 Å².